The number of hydrogen-bond acceptors (Lipinski definition) is 2. The lowest BCUT2D eigenvalue weighted by Crippen LogP contribution is -2.13. The molecule has 0 unspecified atom stereocenters. The van der Waals surface area contributed by atoms with Crippen LogP contribution in [-0.4, -0.2) is 8.42 Å². The van der Waals surface area contributed by atoms with Gasteiger partial charge >= 0.3 is 0 Å². The first-order chi connectivity index (χ1) is 10.4. The van der Waals surface area contributed by atoms with Gasteiger partial charge < -0.3 is 0 Å². The quantitative estimate of drug-likeness (QED) is 0.863. The molecule has 0 aromatic heterocycles. The van der Waals surface area contributed by atoms with E-state index < -0.39 is 15.8 Å². The Bertz CT molecular complexity index is 740. The smallest absolute Gasteiger partial charge is 0.261 e. The zero-order chi connectivity index (χ0) is 16.2. The van der Waals surface area contributed by atoms with Crippen molar-refractivity contribution in [3.63, 3.8) is 0 Å². The summed E-state index contributed by atoms with van der Waals surface area (Å²) in [6.45, 7) is 3.67. The van der Waals surface area contributed by atoms with Gasteiger partial charge in [-0.1, -0.05) is 25.5 Å². The third-order valence-electron chi connectivity index (χ3n) is 3.46. The van der Waals surface area contributed by atoms with Crippen molar-refractivity contribution in [2.45, 2.75) is 38.0 Å². The normalized spacial score (nSPS) is 11.4. The lowest BCUT2D eigenvalue weighted by atomic mass is 10.1. The molecule has 0 aliphatic heterocycles. The average molecular weight is 321 g/mol. The van der Waals surface area contributed by atoms with Crippen LogP contribution in [0.3, 0.4) is 0 Å². The van der Waals surface area contributed by atoms with Crippen LogP contribution in [0.15, 0.2) is 47.4 Å². The summed E-state index contributed by atoms with van der Waals surface area (Å²) in [5.41, 5.74) is 1.99. The highest BCUT2D eigenvalue weighted by Crippen LogP contribution is 2.19. The van der Waals surface area contributed by atoms with E-state index in [4.69, 9.17) is 0 Å². The largest absolute Gasteiger partial charge is 0.280 e. The monoisotopic (exact) mass is 321 g/mol. The van der Waals surface area contributed by atoms with Crippen LogP contribution >= 0.6 is 0 Å². The van der Waals surface area contributed by atoms with Gasteiger partial charge in [-0.05, 0) is 61.2 Å². The van der Waals surface area contributed by atoms with Crippen molar-refractivity contribution in [1.29, 1.82) is 0 Å². The molecule has 0 atom stereocenters. The fourth-order valence-corrected chi connectivity index (χ4v) is 3.26. The third kappa shape index (κ3) is 4.07. The van der Waals surface area contributed by atoms with E-state index in [9.17, 15) is 12.8 Å². The summed E-state index contributed by atoms with van der Waals surface area (Å²) < 4.78 is 40.3. The second kappa shape index (κ2) is 6.92. The molecule has 0 spiro atoms. The Kier molecular flexibility index (Phi) is 5.19. The minimum absolute atomic E-state index is 0.0569. The van der Waals surface area contributed by atoms with Gasteiger partial charge in [-0.25, -0.2) is 12.8 Å². The summed E-state index contributed by atoms with van der Waals surface area (Å²) in [5, 5.41) is 0. The van der Waals surface area contributed by atoms with Gasteiger partial charge in [0.25, 0.3) is 10.0 Å². The van der Waals surface area contributed by atoms with E-state index in [1.54, 1.807) is 12.1 Å². The molecule has 0 fully saturated rings. The molecule has 2 aromatic carbocycles. The van der Waals surface area contributed by atoms with Crippen LogP contribution in [0.4, 0.5) is 10.1 Å². The van der Waals surface area contributed by atoms with E-state index in [0.717, 1.165) is 25.3 Å². The molecule has 0 bridgehead atoms. The van der Waals surface area contributed by atoms with Gasteiger partial charge in [-0.3, -0.25) is 4.72 Å². The maximum absolute atomic E-state index is 13.2. The molecule has 5 heteroatoms. The van der Waals surface area contributed by atoms with Crippen molar-refractivity contribution in [2.24, 2.45) is 0 Å². The molecular formula is C17H20FNO2S. The molecule has 0 aliphatic rings. The Morgan fingerprint density at radius 3 is 2.36 bits per heavy atom. The van der Waals surface area contributed by atoms with Gasteiger partial charge in [0, 0.05) is 5.69 Å². The first kappa shape index (κ1) is 16.5. The minimum atomic E-state index is -3.70. The molecule has 22 heavy (non-hydrogen) atoms. The number of nitrogens with one attached hydrogen (secondary N) is 1. The van der Waals surface area contributed by atoms with Crippen molar-refractivity contribution in [3.05, 3.63) is 59.4 Å². The number of sulfonamides is 1. The van der Waals surface area contributed by atoms with Crippen molar-refractivity contribution in [1.82, 2.24) is 0 Å². The van der Waals surface area contributed by atoms with Crippen LogP contribution in [0.25, 0.3) is 0 Å². The van der Waals surface area contributed by atoms with Crippen LogP contribution in [-0.2, 0) is 16.4 Å². The molecule has 2 rings (SSSR count). The fourth-order valence-electron chi connectivity index (χ4n) is 2.12. The van der Waals surface area contributed by atoms with Crippen molar-refractivity contribution in [2.75, 3.05) is 4.72 Å². The molecular weight excluding hydrogens is 301 g/mol. The molecule has 118 valence electrons. The highest BCUT2D eigenvalue weighted by atomic mass is 32.2. The second-order valence-corrected chi connectivity index (χ2v) is 7.00. The molecule has 0 radical (unpaired) electrons. The zero-order valence-corrected chi connectivity index (χ0v) is 13.6. The first-order valence-corrected chi connectivity index (χ1v) is 8.78. The summed E-state index contributed by atoms with van der Waals surface area (Å²) in [4.78, 5) is 0.0569. The van der Waals surface area contributed by atoms with E-state index in [0.29, 0.717) is 11.3 Å². The molecule has 0 amide bonds. The Morgan fingerprint density at radius 1 is 1.09 bits per heavy atom. The molecule has 0 saturated heterocycles. The molecule has 2 aromatic rings. The van der Waals surface area contributed by atoms with Crippen molar-refractivity contribution < 1.29 is 12.8 Å². The van der Waals surface area contributed by atoms with Gasteiger partial charge in [0.1, 0.15) is 5.82 Å². The summed E-state index contributed by atoms with van der Waals surface area (Å²) >= 11 is 0. The predicted molar refractivity (Wildman–Crippen MR) is 87.0 cm³/mol. The zero-order valence-electron chi connectivity index (χ0n) is 12.8. The lowest BCUT2D eigenvalue weighted by Gasteiger charge is -2.10. The van der Waals surface area contributed by atoms with E-state index in [2.05, 4.69) is 11.6 Å². The van der Waals surface area contributed by atoms with Gasteiger partial charge in [-0.2, -0.15) is 0 Å². The predicted octanol–water partition coefficient (Wildman–Crippen LogP) is 4.28. The van der Waals surface area contributed by atoms with Gasteiger partial charge in [0.15, 0.2) is 0 Å². The number of unbranched alkanes of at least 4 members (excludes halogenated alkanes) is 1. The number of halogens is 1. The standard InChI is InChI=1S/C17H20FNO2S/c1-3-4-5-14-6-8-15(9-7-14)19-22(20,21)16-10-11-17(18)13(2)12-16/h6-12,19H,3-5H2,1-2H3. The van der Waals surface area contributed by atoms with Gasteiger partial charge in [0.05, 0.1) is 4.90 Å². The number of hydrogen-bond donors (Lipinski definition) is 1. The van der Waals surface area contributed by atoms with E-state index in [-0.39, 0.29) is 4.90 Å². The van der Waals surface area contributed by atoms with Crippen LogP contribution in [0, 0.1) is 12.7 Å². The van der Waals surface area contributed by atoms with Crippen LogP contribution in [0.2, 0.25) is 0 Å². The SMILES string of the molecule is CCCCc1ccc(NS(=O)(=O)c2ccc(F)c(C)c2)cc1. The first-order valence-electron chi connectivity index (χ1n) is 7.30. The van der Waals surface area contributed by atoms with Crippen LogP contribution in [0.5, 0.6) is 0 Å². The molecule has 3 nitrogen and oxygen atoms in total. The third-order valence-corrected chi connectivity index (χ3v) is 4.84. The Hall–Kier alpha value is -1.88. The maximum Gasteiger partial charge on any atom is 0.261 e. The van der Waals surface area contributed by atoms with Gasteiger partial charge in [0.2, 0.25) is 0 Å². The van der Waals surface area contributed by atoms with Crippen LogP contribution in [0.1, 0.15) is 30.9 Å². The summed E-state index contributed by atoms with van der Waals surface area (Å²) in [5.74, 6) is -0.417. The molecule has 0 heterocycles. The highest BCUT2D eigenvalue weighted by Gasteiger charge is 2.15. The second-order valence-electron chi connectivity index (χ2n) is 5.32. The summed E-state index contributed by atoms with van der Waals surface area (Å²) in [6, 6.07) is 11.1. The molecule has 0 saturated carbocycles. The number of rotatable bonds is 6. The van der Waals surface area contributed by atoms with Gasteiger partial charge in [-0.15, -0.1) is 0 Å². The number of benzene rings is 2. The summed E-state index contributed by atoms with van der Waals surface area (Å²) in [7, 11) is -3.70. The molecule has 0 aliphatic carbocycles. The van der Waals surface area contributed by atoms with E-state index in [1.165, 1.54) is 24.6 Å². The Labute approximate surface area is 131 Å². The average Bonchev–Trinajstić information content (AvgIpc) is 2.49. The minimum Gasteiger partial charge on any atom is -0.280 e. The van der Waals surface area contributed by atoms with E-state index >= 15 is 0 Å². The molecule has 1 N–H and O–H groups in total. The fraction of sp³-hybridized carbons (Fsp3) is 0.294. The van der Waals surface area contributed by atoms with E-state index in [1.807, 2.05) is 12.1 Å². The highest BCUT2D eigenvalue weighted by molar-refractivity contribution is 7.92. The Morgan fingerprint density at radius 2 is 1.77 bits per heavy atom. The topological polar surface area (TPSA) is 46.2 Å². The lowest BCUT2D eigenvalue weighted by molar-refractivity contribution is 0.598. The Balaban J connectivity index is 2.16. The number of aryl methyl sites for hydroxylation is 2. The maximum atomic E-state index is 13.2. The van der Waals surface area contributed by atoms with Crippen molar-refractivity contribution in [3.8, 4) is 0 Å². The van der Waals surface area contributed by atoms with Crippen LogP contribution < -0.4 is 4.72 Å². The number of anilines is 1. The van der Waals surface area contributed by atoms with Crippen molar-refractivity contribution >= 4 is 15.7 Å². The summed E-state index contributed by atoms with van der Waals surface area (Å²) in [6.07, 6.45) is 3.22.